The van der Waals surface area contributed by atoms with Gasteiger partial charge in [-0.3, -0.25) is 4.79 Å². The summed E-state index contributed by atoms with van der Waals surface area (Å²) in [5, 5.41) is 2.78. The van der Waals surface area contributed by atoms with Crippen LogP contribution in [0.5, 0.6) is 0 Å². The zero-order valence-electron chi connectivity index (χ0n) is 12.3. The molecule has 2 rings (SSSR count). The van der Waals surface area contributed by atoms with Crippen LogP contribution in [0.15, 0.2) is 12.1 Å². The lowest BCUT2D eigenvalue weighted by Crippen LogP contribution is -2.52. The maximum Gasteiger partial charge on any atom is 0.257 e. The van der Waals surface area contributed by atoms with E-state index in [1.165, 1.54) is 13.0 Å². The topological polar surface area (TPSA) is 29.1 Å². The molecule has 0 spiro atoms. The number of hydrogen-bond acceptors (Lipinski definition) is 1. The van der Waals surface area contributed by atoms with Gasteiger partial charge in [-0.05, 0) is 50.2 Å². The summed E-state index contributed by atoms with van der Waals surface area (Å²) in [7, 11) is 0. The number of hydrogen-bond donors (Lipinski definition) is 1. The minimum absolute atomic E-state index is 0.249. The van der Waals surface area contributed by atoms with Gasteiger partial charge in [0.1, 0.15) is 17.2 Å². The molecular formula is C16H20ClF2NO. The van der Waals surface area contributed by atoms with Crippen molar-refractivity contribution in [2.75, 3.05) is 5.88 Å². The van der Waals surface area contributed by atoms with Crippen LogP contribution in [0.1, 0.15) is 48.5 Å². The fourth-order valence-electron chi connectivity index (χ4n) is 2.77. The number of benzene rings is 1. The lowest BCUT2D eigenvalue weighted by molar-refractivity contribution is 0.0863. The van der Waals surface area contributed by atoms with Crippen molar-refractivity contribution >= 4 is 17.5 Å². The molecule has 5 heteroatoms. The first-order valence-corrected chi connectivity index (χ1v) is 7.75. The van der Waals surface area contributed by atoms with Gasteiger partial charge in [0.25, 0.3) is 5.91 Å². The van der Waals surface area contributed by atoms with Crippen molar-refractivity contribution in [3.8, 4) is 0 Å². The Labute approximate surface area is 128 Å². The van der Waals surface area contributed by atoms with Crippen LogP contribution < -0.4 is 5.32 Å². The van der Waals surface area contributed by atoms with Crippen LogP contribution >= 0.6 is 11.6 Å². The SMILES string of the molecule is Cc1ccc(F)c(C(=O)NC2(CCl)CCC(C)CC2)c1F. The molecule has 1 fully saturated rings. The fraction of sp³-hybridized carbons (Fsp3) is 0.562. The van der Waals surface area contributed by atoms with Crippen molar-refractivity contribution in [2.45, 2.75) is 45.1 Å². The summed E-state index contributed by atoms with van der Waals surface area (Å²) in [5.41, 5.74) is -0.829. The molecule has 0 atom stereocenters. The van der Waals surface area contributed by atoms with Gasteiger partial charge in [-0.25, -0.2) is 8.78 Å². The predicted molar refractivity (Wildman–Crippen MR) is 79.6 cm³/mol. The molecule has 116 valence electrons. The minimum atomic E-state index is -0.843. The van der Waals surface area contributed by atoms with Crippen LogP contribution in [0.25, 0.3) is 0 Å². The Morgan fingerprint density at radius 3 is 2.57 bits per heavy atom. The standard InChI is InChI=1S/C16H20ClF2NO/c1-10-5-7-16(9-17,8-6-10)20-15(21)13-12(18)4-3-11(2)14(13)19/h3-4,10H,5-9H2,1-2H3,(H,20,21). The molecule has 0 bridgehead atoms. The Bertz CT molecular complexity index is 539. The van der Waals surface area contributed by atoms with Crippen molar-refractivity contribution in [3.63, 3.8) is 0 Å². The van der Waals surface area contributed by atoms with Gasteiger partial charge in [0.05, 0.1) is 5.54 Å². The van der Waals surface area contributed by atoms with E-state index in [2.05, 4.69) is 12.2 Å². The van der Waals surface area contributed by atoms with E-state index < -0.39 is 28.6 Å². The maximum atomic E-state index is 14.0. The highest BCUT2D eigenvalue weighted by molar-refractivity contribution is 6.19. The van der Waals surface area contributed by atoms with E-state index in [1.54, 1.807) is 0 Å². The largest absolute Gasteiger partial charge is 0.345 e. The van der Waals surface area contributed by atoms with E-state index in [0.717, 1.165) is 31.7 Å². The molecule has 1 aliphatic carbocycles. The van der Waals surface area contributed by atoms with E-state index in [0.29, 0.717) is 5.92 Å². The molecule has 0 aliphatic heterocycles. The first-order valence-electron chi connectivity index (χ1n) is 7.21. The maximum absolute atomic E-state index is 14.0. The summed E-state index contributed by atoms with van der Waals surface area (Å²) in [6.45, 7) is 3.66. The number of halogens is 3. The Kier molecular flexibility index (Phi) is 4.87. The lowest BCUT2D eigenvalue weighted by atomic mass is 9.78. The van der Waals surface area contributed by atoms with E-state index in [-0.39, 0.29) is 11.4 Å². The van der Waals surface area contributed by atoms with Gasteiger partial charge in [-0.1, -0.05) is 13.0 Å². The first-order chi connectivity index (χ1) is 9.88. The molecule has 0 heterocycles. The van der Waals surface area contributed by atoms with E-state index in [1.807, 2.05) is 0 Å². The van der Waals surface area contributed by atoms with E-state index in [9.17, 15) is 13.6 Å². The molecule has 21 heavy (non-hydrogen) atoms. The highest BCUT2D eigenvalue weighted by atomic mass is 35.5. The van der Waals surface area contributed by atoms with Gasteiger partial charge >= 0.3 is 0 Å². The summed E-state index contributed by atoms with van der Waals surface area (Å²) in [6, 6.07) is 2.44. The summed E-state index contributed by atoms with van der Waals surface area (Å²) in [6.07, 6.45) is 3.37. The van der Waals surface area contributed by atoms with Crippen molar-refractivity contribution in [2.24, 2.45) is 5.92 Å². The molecule has 1 saturated carbocycles. The summed E-state index contributed by atoms with van der Waals surface area (Å²) >= 11 is 6.02. The van der Waals surface area contributed by atoms with Gasteiger partial charge < -0.3 is 5.32 Å². The summed E-state index contributed by atoms with van der Waals surface area (Å²) < 4.78 is 27.8. The van der Waals surface area contributed by atoms with Crippen LogP contribution in [0.2, 0.25) is 0 Å². The second-order valence-corrected chi connectivity index (χ2v) is 6.37. The lowest BCUT2D eigenvalue weighted by Gasteiger charge is -2.38. The van der Waals surface area contributed by atoms with Gasteiger partial charge in [0, 0.05) is 5.88 Å². The number of carbonyl (C=O) groups excluding carboxylic acids is 1. The number of rotatable bonds is 3. The van der Waals surface area contributed by atoms with Crippen LogP contribution in [-0.4, -0.2) is 17.3 Å². The second-order valence-electron chi connectivity index (χ2n) is 6.10. The third-order valence-corrected chi connectivity index (χ3v) is 4.89. The zero-order chi connectivity index (χ0) is 15.6. The molecule has 0 aromatic heterocycles. The predicted octanol–water partition coefficient (Wildman–Crippen LogP) is 4.19. The highest BCUT2D eigenvalue weighted by Crippen LogP contribution is 2.33. The highest BCUT2D eigenvalue weighted by Gasteiger charge is 2.36. The Balaban J connectivity index is 2.23. The van der Waals surface area contributed by atoms with Crippen LogP contribution in [-0.2, 0) is 0 Å². The zero-order valence-corrected chi connectivity index (χ0v) is 13.1. The van der Waals surface area contributed by atoms with Crippen molar-refractivity contribution < 1.29 is 13.6 Å². The van der Waals surface area contributed by atoms with Crippen LogP contribution in [0.4, 0.5) is 8.78 Å². The van der Waals surface area contributed by atoms with Gasteiger partial charge in [-0.15, -0.1) is 11.6 Å². The number of alkyl halides is 1. The fourth-order valence-corrected chi connectivity index (χ4v) is 3.11. The van der Waals surface area contributed by atoms with Crippen molar-refractivity contribution in [1.29, 1.82) is 0 Å². The molecule has 1 N–H and O–H groups in total. The molecule has 2 nitrogen and oxygen atoms in total. The molecule has 0 unspecified atom stereocenters. The second kappa shape index (κ2) is 6.30. The summed E-state index contributed by atoms with van der Waals surface area (Å²) in [5.74, 6) is -1.53. The average Bonchev–Trinajstić information content (AvgIpc) is 2.46. The molecular weight excluding hydrogens is 296 g/mol. The molecule has 1 aromatic carbocycles. The van der Waals surface area contributed by atoms with Gasteiger partial charge in [0.15, 0.2) is 0 Å². The first kappa shape index (κ1) is 16.2. The number of nitrogens with one attached hydrogen (secondary N) is 1. The van der Waals surface area contributed by atoms with Crippen molar-refractivity contribution in [1.82, 2.24) is 5.32 Å². The van der Waals surface area contributed by atoms with Crippen molar-refractivity contribution in [3.05, 3.63) is 34.9 Å². The van der Waals surface area contributed by atoms with E-state index in [4.69, 9.17) is 11.6 Å². The number of amides is 1. The van der Waals surface area contributed by atoms with Gasteiger partial charge in [0.2, 0.25) is 0 Å². The van der Waals surface area contributed by atoms with Gasteiger partial charge in [-0.2, -0.15) is 0 Å². The van der Waals surface area contributed by atoms with Crippen LogP contribution in [0.3, 0.4) is 0 Å². The number of carbonyl (C=O) groups is 1. The third-order valence-electron chi connectivity index (χ3n) is 4.38. The molecule has 1 aliphatic rings. The Morgan fingerprint density at radius 2 is 2.00 bits per heavy atom. The minimum Gasteiger partial charge on any atom is -0.345 e. The molecule has 0 radical (unpaired) electrons. The third kappa shape index (κ3) is 3.37. The normalized spacial score (nSPS) is 25.7. The Hall–Kier alpha value is -1.16. The molecule has 1 amide bonds. The van der Waals surface area contributed by atoms with Crippen LogP contribution in [0, 0.1) is 24.5 Å². The quantitative estimate of drug-likeness (QED) is 0.833. The summed E-state index contributed by atoms with van der Waals surface area (Å²) in [4.78, 5) is 12.3. The smallest absolute Gasteiger partial charge is 0.257 e. The van der Waals surface area contributed by atoms with E-state index >= 15 is 0 Å². The average molecular weight is 316 g/mol. The molecule has 0 saturated heterocycles. The monoisotopic (exact) mass is 315 g/mol. The number of aryl methyl sites for hydroxylation is 1. The molecule has 1 aromatic rings. The Morgan fingerprint density at radius 1 is 1.38 bits per heavy atom.